The van der Waals surface area contributed by atoms with E-state index in [1.165, 1.54) is 7.11 Å². The van der Waals surface area contributed by atoms with Gasteiger partial charge in [-0.25, -0.2) is 4.79 Å². The second kappa shape index (κ2) is 5.70. The maximum atomic E-state index is 13.0. The topological polar surface area (TPSA) is 48.3 Å². The van der Waals surface area contributed by atoms with Gasteiger partial charge in [0.1, 0.15) is 5.69 Å². The number of carbonyl (C=O) groups is 1. The quantitative estimate of drug-likeness (QED) is 0.269. The van der Waals surface area contributed by atoms with E-state index in [0.717, 1.165) is 21.5 Å². The van der Waals surface area contributed by atoms with Gasteiger partial charge in [0.2, 0.25) is 0 Å². The standard InChI is InChI=1S/C20H14BrNO3/c1-11-18(20(24)25-2)22(21)16-8-7-14-9-12-5-3-4-6-13(12)10-15(14)17(16)19(11)23/h3-10H,1-2H3. The highest BCUT2D eigenvalue weighted by atomic mass is 79.9. The predicted molar refractivity (Wildman–Crippen MR) is 104 cm³/mol. The Hall–Kier alpha value is -2.66. The fourth-order valence-corrected chi connectivity index (χ4v) is 4.00. The van der Waals surface area contributed by atoms with Gasteiger partial charge in [-0.05, 0) is 46.7 Å². The Bertz CT molecular complexity index is 1240. The number of fused-ring (bicyclic) bond motifs is 4. The number of benzene rings is 3. The molecule has 0 aliphatic carbocycles. The van der Waals surface area contributed by atoms with E-state index in [2.05, 4.69) is 22.2 Å². The van der Waals surface area contributed by atoms with Gasteiger partial charge in [0.15, 0.2) is 5.43 Å². The number of carbonyl (C=O) groups excluding carboxylic acids is 1. The number of rotatable bonds is 1. The SMILES string of the molecule is COC(=O)c1c(C)c(=O)c2c3cc4ccccc4cc3ccc2n1Br. The highest BCUT2D eigenvalue weighted by Gasteiger charge is 2.20. The van der Waals surface area contributed by atoms with E-state index < -0.39 is 5.97 Å². The average molecular weight is 396 g/mol. The summed E-state index contributed by atoms with van der Waals surface area (Å²) in [5, 5.41) is 4.63. The molecule has 25 heavy (non-hydrogen) atoms. The van der Waals surface area contributed by atoms with Gasteiger partial charge in [-0.2, -0.15) is 0 Å². The summed E-state index contributed by atoms with van der Waals surface area (Å²) in [7, 11) is 1.30. The minimum atomic E-state index is -0.549. The third kappa shape index (κ3) is 2.27. The molecular weight excluding hydrogens is 382 g/mol. The van der Waals surface area contributed by atoms with E-state index in [4.69, 9.17) is 4.74 Å². The molecule has 0 bridgehead atoms. The van der Waals surface area contributed by atoms with Crippen molar-refractivity contribution in [1.82, 2.24) is 3.59 Å². The van der Waals surface area contributed by atoms with Crippen molar-refractivity contribution >= 4 is 54.6 Å². The number of halogens is 1. The summed E-state index contributed by atoms with van der Waals surface area (Å²) < 4.78 is 6.37. The van der Waals surface area contributed by atoms with Gasteiger partial charge >= 0.3 is 5.97 Å². The van der Waals surface area contributed by atoms with Crippen LogP contribution in [-0.2, 0) is 4.74 Å². The molecule has 0 radical (unpaired) electrons. The highest BCUT2D eigenvalue weighted by Crippen LogP contribution is 2.30. The van der Waals surface area contributed by atoms with Crippen LogP contribution < -0.4 is 5.43 Å². The molecule has 0 atom stereocenters. The lowest BCUT2D eigenvalue weighted by molar-refractivity contribution is 0.0592. The highest BCUT2D eigenvalue weighted by molar-refractivity contribution is 9.08. The van der Waals surface area contributed by atoms with Gasteiger partial charge in [0.25, 0.3) is 0 Å². The predicted octanol–water partition coefficient (Wildman–Crippen LogP) is 4.56. The minimum absolute atomic E-state index is 0.160. The van der Waals surface area contributed by atoms with E-state index in [1.807, 2.05) is 42.5 Å². The number of hydrogen-bond acceptors (Lipinski definition) is 3. The van der Waals surface area contributed by atoms with Crippen LogP contribution in [0.2, 0.25) is 0 Å². The summed E-state index contributed by atoms with van der Waals surface area (Å²) in [6, 6.07) is 15.9. The van der Waals surface area contributed by atoms with Crippen molar-refractivity contribution in [2.45, 2.75) is 6.92 Å². The number of ether oxygens (including phenoxy) is 1. The maximum absolute atomic E-state index is 13.0. The van der Waals surface area contributed by atoms with Crippen LogP contribution in [0.3, 0.4) is 0 Å². The molecule has 0 fully saturated rings. The van der Waals surface area contributed by atoms with Crippen molar-refractivity contribution in [3.63, 3.8) is 0 Å². The van der Waals surface area contributed by atoms with E-state index in [0.29, 0.717) is 16.5 Å². The molecule has 0 amide bonds. The van der Waals surface area contributed by atoms with Crippen LogP contribution in [0.1, 0.15) is 16.1 Å². The molecule has 0 saturated carbocycles. The largest absolute Gasteiger partial charge is 0.464 e. The fourth-order valence-electron chi connectivity index (χ4n) is 3.30. The number of esters is 1. The number of pyridine rings is 1. The van der Waals surface area contributed by atoms with Crippen LogP contribution in [0.15, 0.2) is 53.3 Å². The lowest BCUT2D eigenvalue weighted by atomic mass is 9.98. The van der Waals surface area contributed by atoms with E-state index in [-0.39, 0.29) is 11.1 Å². The maximum Gasteiger partial charge on any atom is 0.355 e. The van der Waals surface area contributed by atoms with Crippen LogP contribution >= 0.6 is 16.1 Å². The van der Waals surface area contributed by atoms with Crippen molar-refractivity contribution < 1.29 is 9.53 Å². The number of aromatic nitrogens is 1. The molecule has 4 rings (SSSR count). The monoisotopic (exact) mass is 395 g/mol. The Morgan fingerprint density at radius 2 is 1.72 bits per heavy atom. The molecule has 4 nitrogen and oxygen atoms in total. The summed E-state index contributed by atoms with van der Waals surface area (Å²) in [6.07, 6.45) is 0. The molecule has 0 aliphatic rings. The van der Waals surface area contributed by atoms with Gasteiger partial charge in [-0.15, -0.1) is 0 Å². The Morgan fingerprint density at radius 3 is 2.40 bits per heavy atom. The summed E-state index contributed by atoms with van der Waals surface area (Å²) in [6.45, 7) is 1.64. The van der Waals surface area contributed by atoms with Crippen molar-refractivity contribution in [3.05, 3.63) is 70.0 Å². The molecule has 0 aliphatic heterocycles. The van der Waals surface area contributed by atoms with Crippen LogP contribution in [-0.4, -0.2) is 16.7 Å². The second-order valence-electron chi connectivity index (χ2n) is 5.96. The molecule has 124 valence electrons. The lowest BCUT2D eigenvalue weighted by Gasteiger charge is -2.13. The van der Waals surface area contributed by atoms with Crippen molar-refractivity contribution in [2.24, 2.45) is 0 Å². The first-order valence-corrected chi connectivity index (χ1v) is 8.49. The molecule has 0 spiro atoms. The first-order valence-electron chi connectivity index (χ1n) is 7.78. The molecule has 4 aromatic rings. The van der Waals surface area contributed by atoms with Crippen LogP contribution in [0, 0.1) is 6.92 Å². The third-order valence-electron chi connectivity index (χ3n) is 4.57. The van der Waals surface area contributed by atoms with Gasteiger partial charge in [-0.3, -0.25) is 8.39 Å². The summed E-state index contributed by atoms with van der Waals surface area (Å²) in [5.74, 6) is -0.549. The van der Waals surface area contributed by atoms with Gasteiger partial charge in [-0.1, -0.05) is 30.3 Å². The Balaban J connectivity index is 2.23. The Labute approximate surface area is 152 Å². The molecule has 0 unspecified atom stereocenters. The zero-order chi connectivity index (χ0) is 17.7. The summed E-state index contributed by atoms with van der Waals surface area (Å²) in [4.78, 5) is 25.1. The molecule has 3 aromatic carbocycles. The van der Waals surface area contributed by atoms with E-state index in [9.17, 15) is 9.59 Å². The average Bonchev–Trinajstić information content (AvgIpc) is 2.63. The number of methoxy groups -OCH3 is 1. The van der Waals surface area contributed by atoms with Gasteiger partial charge < -0.3 is 4.74 Å². The second-order valence-corrected chi connectivity index (χ2v) is 6.66. The van der Waals surface area contributed by atoms with E-state index >= 15 is 0 Å². The Kier molecular flexibility index (Phi) is 3.62. The van der Waals surface area contributed by atoms with Crippen molar-refractivity contribution in [2.75, 3.05) is 7.11 Å². The minimum Gasteiger partial charge on any atom is -0.464 e. The van der Waals surface area contributed by atoms with E-state index in [1.54, 1.807) is 10.5 Å². The lowest BCUT2D eigenvalue weighted by Crippen LogP contribution is -2.19. The molecular formula is C20H14BrNO3. The molecule has 5 heteroatoms. The normalized spacial score (nSPS) is 11.3. The van der Waals surface area contributed by atoms with Crippen molar-refractivity contribution in [1.29, 1.82) is 0 Å². The number of nitrogens with zero attached hydrogens (tertiary/aromatic N) is 1. The third-order valence-corrected chi connectivity index (χ3v) is 5.31. The van der Waals surface area contributed by atoms with Crippen LogP contribution in [0.5, 0.6) is 0 Å². The zero-order valence-electron chi connectivity index (χ0n) is 13.7. The first-order chi connectivity index (χ1) is 12.0. The molecule has 0 saturated heterocycles. The van der Waals surface area contributed by atoms with Crippen LogP contribution in [0.4, 0.5) is 0 Å². The smallest absolute Gasteiger partial charge is 0.355 e. The summed E-state index contributed by atoms with van der Waals surface area (Å²) in [5.41, 5.74) is 1.04. The molecule has 1 heterocycles. The first kappa shape index (κ1) is 15.8. The van der Waals surface area contributed by atoms with Crippen molar-refractivity contribution in [3.8, 4) is 0 Å². The fraction of sp³-hybridized carbons (Fsp3) is 0.100. The van der Waals surface area contributed by atoms with Gasteiger partial charge in [0.05, 0.1) is 34.2 Å². The van der Waals surface area contributed by atoms with Crippen LogP contribution in [0.25, 0.3) is 32.4 Å². The number of hydrogen-bond donors (Lipinski definition) is 0. The summed E-state index contributed by atoms with van der Waals surface area (Å²) >= 11 is 3.42. The Morgan fingerprint density at radius 1 is 1.04 bits per heavy atom. The molecule has 1 aromatic heterocycles. The molecule has 0 N–H and O–H groups in total. The zero-order valence-corrected chi connectivity index (χ0v) is 15.3. The van der Waals surface area contributed by atoms with Gasteiger partial charge in [0, 0.05) is 5.56 Å².